The van der Waals surface area contributed by atoms with Gasteiger partial charge in [0.15, 0.2) is 0 Å². The average molecular weight is 313 g/mol. The summed E-state index contributed by atoms with van der Waals surface area (Å²) in [5.41, 5.74) is 1.23. The van der Waals surface area contributed by atoms with Crippen LogP contribution in [0.4, 0.5) is 0 Å². The lowest BCUT2D eigenvalue weighted by molar-refractivity contribution is 0.465. The molecule has 0 saturated carbocycles. The molecule has 0 saturated heterocycles. The maximum Gasteiger partial charge on any atom is 0.130 e. The Bertz CT molecular complexity index is 349. The van der Waals surface area contributed by atoms with Crippen molar-refractivity contribution in [3.05, 3.63) is 28.2 Å². The van der Waals surface area contributed by atoms with Gasteiger partial charge in [-0.05, 0) is 46.0 Å². The van der Waals surface area contributed by atoms with Crippen LogP contribution in [0, 0.1) is 5.92 Å². The van der Waals surface area contributed by atoms with Crippen molar-refractivity contribution in [2.24, 2.45) is 5.92 Å². The molecule has 1 atom stereocenters. The normalized spacial score (nSPS) is 12.6. The topological polar surface area (TPSA) is 20.2 Å². The molecule has 0 radical (unpaired) electrons. The predicted octanol–water partition coefficient (Wildman–Crippen LogP) is 5.69. The van der Waals surface area contributed by atoms with Crippen LogP contribution in [0.2, 0.25) is 0 Å². The SMILES string of the molecule is CCCCCCCC(C)Cc1ccc(Br)c(O)c1. The summed E-state index contributed by atoms with van der Waals surface area (Å²) in [7, 11) is 0. The van der Waals surface area contributed by atoms with Gasteiger partial charge < -0.3 is 5.11 Å². The van der Waals surface area contributed by atoms with Crippen molar-refractivity contribution >= 4 is 15.9 Å². The quantitative estimate of drug-likeness (QED) is 0.611. The smallest absolute Gasteiger partial charge is 0.130 e. The molecule has 102 valence electrons. The van der Waals surface area contributed by atoms with E-state index in [9.17, 15) is 5.11 Å². The van der Waals surface area contributed by atoms with Crippen LogP contribution in [0.3, 0.4) is 0 Å². The van der Waals surface area contributed by atoms with Crippen LogP contribution in [0.25, 0.3) is 0 Å². The molecule has 0 bridgehead atoms. The Hall–Kier alpha value is -0.500. The lowest BCUT2D eigenvalue weighted by atomic mass is 9.95. The summed E-state index contributed by atoms with van der Waals surface area (Å²) >= 11 is 3.31. The molecular formula is C16H25BrO. The van der Waals surface area contributed by atoms with Crippen LogP contribution in [-0.4, -0.2) is 5.11 Å². The number of aromatic hydroxyl groups is 1. The number of phenols is 1. The van der Waals surface area contributed by atoms with E-state index in [0.29, 0.717) is 11.7 Å². The molecule has 1 N–H and O–H groups in total. The zero-order valence-corrected chi connectivity index (χ0v) is 13.2. The van der Waals surface area contributed by atoms with Crippen LogP contribution < -0.4 is 0 Å². The van der Waals surface area contributed by atoms with E-state index in [1.165, 1.54) is 44.1 Å². The van der Waals surface area contributed by atoms with Crippen LogP contribution in [0.5, 0.6) is 5.75 Å². The molecule has 0 heterocycles. The molecule has 1 unspecified atom stereocenters. The van der Waals surface area contributed by atoms with Crippen LogP contribution in [0.15, 0.2) is 22.7 Å². The van der Waals surface area contributed by atoms with E-state index in [1.807, 2.05) is 12.1 Å². The second-order valence-corrected chi connectivity index (χ2v) is 6.15. The highest BCUT2D eigenvalue weighted by molar-refractivity contribution is 9.10. The number of phenolic OH excluding ortho intramolecular Hbond substituents is 1. The van der Waals surface area contributed by atoms with Crippen molar-refractivity contribution in [1.29, 1.82) is 0 Å². The third-order valence-electron chi connectivity index (χ3n) is 3.40. The molecule has 0 fully saturated rings. The van der Waals surface area contributed by atoms with Crippen molar-refractivity contribution in [3.63, 3.8) is 0 Å². The second kappa shape index (κ2) is 8.58. The third kappa shape index (κ3) is 5.90. The lowest BCUT2D eigenvalue weighted by Gasteiger charge is -2.12. The highest BCUT2D eigenvalue weighted by Crippen LogP contribution is 2.26. The van der Waals surface area contributed by atoms with E-state index >= 15 is 0 Å². The fourth-order valence-electron chi connectivity index (χ4n) is 2.29. The summed E-state index contributed by atoms with van der Waals surface area (Å²) in [6.07, 6.45) is 9.12. The Morgan fingerprint density at radius 1 is 1.17 bits per heavy atom. The van der Waals surface area contributed by atoms with E-state index < -0.39 is 0 Å². The zero-order valence-electron chi connectivity index (χ0n) is 11.6. The Balaban J connectivity index is 2.26. The third-order valence-corrected chi connectivity index (χ3v) is 4.07. The number of halogens is 1. The number of hydrogen-bond acceptors (Lipinski definition) is 1. The van der Waals surface area contributed by atoms with Gasteiger partial charge in [-0.3, -0.25) is 0 Å². The molecule has 1 nitrogen and oxygen atoms in total. The number of benzene rings is 1. The fourth-order valence-corrected chi connectivity index (χ4v) is 2.53. The molecule has 0 aliphatic rings. The Morgan fingerprint density at radius 2 is 1.89 bits per heavy atom. The zero-order chi connectivity index (χ0) is 13.4. The molecule has 2 heteroatoms. The minimum atomic E-state index is 0.350. The first-order valence-electron chi connectivity index (χ1n) is 7.11. The highest BCUT2D eigenvalue weighted by atomic mass is 79.9. The summed E-state index contributed by atoms with van der Waals surface area (Å²) in [6, 6.07) is 5.90. The fraction of sp³-hybridized carbons (Fsp3) is 0.625. The molecule has 0 spiro atoms. The Kier molecular flexibility index (Phi) is 7.41. The van der Waals surface area contributed by atoms with Crippen molar-refractivity contribution < 1.29 is 5.11 Å². The van der Waals surface area contributed by atoms with E-state index in [0.717, 1.165) is 10.9 Å². The summed E-state index contributed by atoms with van der Waals surface area (Å²) in [5.74, 6) is 1.05. The van der Waals surface area contributed by atoms with Gasteiger partial charge >= 0.3 is 0 Å². The van der Waals surface area contributed by atoms with Crippen LogP contribution >= 0.6 is 15.9 Å². The molecule has 1 aromatic rings. The highest BCUT2D eigenvalue weighted by Gasteiger charge is 2.06. The van der Waals surface area contributed by atoms with Gasteiger partial charge in [-0.15, -0.1) is 0 Å². The number of unbranched alkanes of at least 4 members (excludes halogenated alkanes) is 4. The molecule has 18 heavy (non-hydrogen) atoms. The van der Waals surface area contributed by atoms with Crippen molar-refractivity contribution in [2.45, 2.75) is 58.8 Å². The predicted molar refractivity (Wildman–Crippen MR) is 82.1 cm³/mol. The maximum absolute atomic E-state index is 9.64. The van der Waals surface area contributed by atoms with Gasteiger partial charge in [0.05, 0.1) is 4.47 Å². The first-order valence-corrected chi connectivity index (χ1v) is 7.90. The minimum absolute atomic E-state index is 0.350. The monoisotopic (exact) mass is 312 g/mol. The van der Waals surface area contributed by atoms with E-state index in [4.69, 9.17) is 0 Å². The minimum Gasteiger partial charge on any atom is -0.507 e. The first-order chi connectivity index (χ1) is 8.63. The van der Waals surface area contributed by atoms with Gasteiger partial charge in [0.25, 0.3) is 0 Å². The molecule has 0 aromatic heterocycles. The number of hydrogen-bond donors (Lipinski definition) is 1. The Labute approximate surface area is 120 Å². The van der Waals surface area contributed by atoms with Gasteiger partial charge in [0, 0.05) is 0 Å². The standard InChI is InChI=1S/C16H25BrO/c1-3-4-5-6-7-8-13(2)11-14-9-10-15(17)16(18)12-14/h9-10,12-13,18H,3-8,11H2,1-2H3. The summed E-state index contributed by atoms with van der Waals surface area (Å²) in [5, 5.41) is 9.64. The van der Waals surface area contributed by atoms with Gasteiger partial charge in [-0.25, -0.2) is 0 Å². The Morgan fingerprint density at radius 3 is 2.56 bits per heavy atom. The van der Waals surface area contributed by atoms with Gasteiger partial charge in [-0.2, -0.15) is 0 Å². The second-order valence-electron chi connectivity index (χ2n) is 5.30. The van der Waals surface area contributed by atoms with Crippen LogP contribution in [-0.2, 0) is 6.42 Å². The van der Waals surface area contributed by atoms with Crippen molar-refractivity contribution in [3.8, 4) is 5.75 Å². The molecule has 0 amide bonds. The molecule has 0 aliphatic carbocycles. The van der Waals surface area contributed by atoms with Gasteiger partial charge in [0.1, 0.15) is 5.75 Å². The van der Waals surface area contributed by atoms with E-state index in [-0.39, 0.29) is 0 Å². The first kappa shape index (κ1) is 15.6. The largest absolute Gasteiger partial charge is 0.507 e. The average Bonchev–Trinajstić information content (AvgIpc) is 2.34. The lowest BCUT2D eigenvalue weighted by Crippen LogP contribution is -1.99. The number of rotatable bonds is 8. The van der Waals surface area contributed by atoms with Crippen molar-refractivity contribution in [2.75, 3.05) is 0 Å². The van der Waals surface area contributed by atoms with Crippen LogP contribution in [0.1, 0.15) is 57.9 Å². The molecule has 1 aromatic carbocycles. The van der Waals surface area contributed by atoms with Gasteiger partial charge in [0.2, 0.25) is 0 Å². The summed E-state index contributed by atoms with van der Waals surface area (Å²) in [4.78, 5) is 0. The van der Waals surface area contributed by atoms with Crippen molar-refractivity contribution in [1.82, 2.24) is 0 Å². The summed E-state index contributed by atoms with van der Waals surface area (Å²) in [6.45, 7) is 4.56. The molecule has 1 rings (SSSR count). The summed E-state index contributed by atoms with van der Waals surface area (Å²) < 4.78 is 0.776. The van der Waals surface area contributed by atoms with E-state index in [1.54, 1.807) is 0 Å². The van der Waals surface area contributed by atoms with Gasteiger partial charge in [-0.1, -0.05) is 58.4 Å². The molecule has 0 aliphatic heterocycles. The molecular weight excluding hydrogens is 288 g/mol. The maximum atomic E-state index is 9.64. The van der Waals surface area contributed by atoms with E-state index in [2.05, 4.69) is 35.8 Å².